The van der Waals surface area contributed by atoms with E-state index in [4.69, 9.17) is 0 Å². The molecule has 2 nitrogen and oxygen atoms in total. The molecule has 0 N–H and O–H groups in total. The van der Waals surface area contributed by atoms with Crippen molar-refractivity contribution in [2.45, 2.75) is 20.3 Å². The van der Waals surface area contributed by atoms with Gasteiger partial charge in [-0.15, -0.1) is 0 Å². The fraction of sp³-hybridized carbons (Fsp3) is 0.750. The Kier molecular flexibility index (Phi) is 2.20. The number of hydrogen-bond donors (Lipinski definition) is 0. The molecule has 0 spiro atoms. The van der Waals surface area contributed by atoms with E-state index < -0.39 is 0 Å². The van der Waals surface area contributed by atoms with Gasteiger partial charge < -0.3 is 9.80 Å². The molecule has 0 radical (unpaired) electrons. The highest BCUT2D eigenvalue weighted by atomic mass is 15.3. The molecule has 1 heterocycles. The van der Waals surface area contributed by atoms with Crippen LogP contribution < -0.4 is 0 Å². The molecule has 10 heavy (non-hydrogen) atoms. The highest BCUT2D eigenvalue weighted by Gasteiger charge is 2.11. The van der Waals surface area contributed by atoms with Crippen molar-refractivity contribution in [1.82, 2.24) is 9.80 Å². The average molecular weight is 140 g/mol. The van der Waals surface area contributed by atoms with Gasteiger partial charge >= 0.3 is 0 Å². The molecule has 1 aliphatic rings. The van der Waals surface area contributed by atoms with E-state index in [1.165, 1.54) is 18.7 Å². The normalized spacial score (nSPS) is 18.1. The molecule has 0 saturated heterocycles. The maximum atomic E-state index is 2.34. The van der Waals surface area contributed by atoms with Crippen LogP contribution in [0.1, 0.15) is 20.3 Å². The van der Waals surface area contributed by atoms with Crippen LogP contribution in [0.25, 0.3) is 0 Å². The van der Waals surface area contributed by atoms with Gasteiger partial charge in [-0.3, -0.25) is 0 Å². The maximum absolute atomic E-state index is 2.34. The molecule has 0 aromatic rings. The molecule has 0 bridgehead atoms. The van der Waals surface area contributed by atoms with E-state index in [0.29, 0.717) is 0 Å². The van der Waals surface area contributed by atoms with Crippen molar-refractivity contribution in [3.8, 4) is 0 Å². The molecular weight excluding hydrogens is 124 g/mol. The number of allylic oxidation sites excluding steroid dienone is 1. The van der Waals surface area contributed by atoms with Gasteiger partial charge in [0.2, 0.25) is 0 Å². The second-order valence-electron chi connectivity index (χ2n) is 2.92. The van der Waals surface area contributed by atoms with Crippen molar-refractivity contribution >= 4 is 0 Å². The monoisotopic (exact) mass is 140 g/mol. The largest absolute Gasteiger partial charge is 0.359 e. The van der Waals surface area contributed by atoms with E-state index in [0.717, 1.165) is 6.67 Å². The molecule has 58 valence electrons. The standard InChI is InChI=1S/C8H16N2/c1-4-5-10-6-8(2)9(3)7-10/h6H,4-5,7H2,1-3H3. The first-order valence-corrected chi connectivity index (χ1v) is 3.87. The van der Waals surface area contributed by atoms with Crippen molar-refractivity contribution < 1.29 is 0 Å². The van der Waals surface area contributed by atoms with Crippen LogP contribution in [0.5, 0.6) is 0 Å². The summed E-state index contributed by atoms with van der Waals surface area (Å²) in [4.78, 5) is 4.60. The average Bonchev–Trinajstić information content (AvgIpc) is 2.14. The van der Waals surface area contributed by atoms with E-state index in [2.05, 4.69) is 36.9 Å². The summed E-state index contributed by atoms with van der Waals surface area (Å²) in [7, 11) is 2.13. The number of nitrogens with zero attached hydrogens (tertiary/aromatic N) is 2. The molecular formula is C8H16N2. The highest BCUT2D eigenvalue weighted by molar-refractivity contribution is 5.01. The molecule has 0 amide bonds. The van der Waals surface area contributed by atoms with Crippen molar-refractivity contribution in [3.63, 3.8) is 0 Å². The minimum atomic E-state index is 1.07. The third kappa shape index (κ3) is 1.43. The molecule has 0 fully saturated rings. The van der Waals surface area contributed by atoms with Gasteiger partial charge in [-0.25, -0.2) is 0 Å². The Balaban J connectivity index is 2.40. The fourth-order valence-electron chi connectivity index (χ4n) is 1.21. The van der Waals surface area contributed by atoms with Crippen molar-refractivity contribution in [1.29, 1.82) is 0 Å². The van der Waals surface area contributed by atoms with Crippen LogP contribution in [-0.4, -0.2) is 30.1 Å². The summed E-state index contributed by atoms with van der Waals surface area (Å²) in [5.74, 6) is 0. The quantitative estimate of drug-likeness (QED) is 0.573. The lowest BCUT2D eigenvalue weighted by molar-refractivity contribution is 0.289. The Morgan fingerprint density at radius 2 is 2.30 bits per heavy atom. The molecule has 0 aromatic carbocycles. The zero-order valence-electron chi connectivity index (χ0n) is 7.09. The predicted octanol–water partition coefficient (Wildman–Crippen LogP) is 1.46. The van der Waals surface area contributed by atoms with Crippen LogP contribution in [0.4, 0.5) is 0 Å². The molecule has 0 aromatic heterocycles. The van der Waals surface area contributed by atoms with E-state index in [1.807, 2.05) is 0 Å². The van der Waals surface area contributed by atoms with Gasteiger partial charge in [0.05, 0.1) is 6.67 Å². The lowest BCUT2D eigenvalue weighted by Gasteiger charge is -2.17. The third-order valence-corrected chi connectivity index (χ3v) is 1.88. The topological polar surface area (TPSA) is 6.48 Å². The van der Waals surface area contributed by atoms with Gasteiger partial charge in [0.1, 0.15) is 0 Å². The summed E-state index contributed by atoms with van der Waals surface area (Å²) in [5.41, 5.74) is 1.37. The van der Waals surface area contributed by atoms with Crippen LogP contribution in [-0.2, 0) is 0 Å². The molecule has 2 heteroatoms. The first-order valence-electron chi connectivity index (χ1n) is 3.87. The Morgan fingerprint density at radius 1 is 1.60 bits per heavy atom. The van der Waals surface area contributed by atoms with Gasteiger partial charge in [0, 0.05) is 25.5 Å². The molecule has 0 aliphatic carbocycles. The van der Waals surface area contributed by atoms with Gasteiger partial charge in [-0.2, -0.15) is 0 Å². The Labute approximate surface area is 63.1 Å². The van der Waals surface area contributed by atoms with Gasteiger partial charge in [-0.1, -0.05) is 6.92 Å². The first-order chi connectivity index (χ1) is 4.74. The molecule has 0 saturated carbocycles. The van der Waals surface area contributed by atoms with E-state index in [-0.39, 0.29) is 0 Å². The minimum Gasteiger partial charge on any atom is -0.359 e. The van der Waals surface area contributed by atoms with Crippen molar-refractivity contribution in [2.24, 2.45) is 0 Å². The summed E-state index contributed by atoms with van der Waals surface area (Å²) in [6.45, 7) is 6.61. The summed E-state index contributed by atoms with van der Waals surface area (Å²) in [5, 5.41) is 0. The van der Waals surface area contributed by atoms with Crippen LogP contribution in [0.15, 0.2) is 11.9 Å². The summed E-state index contributed by atoms with van der Waals surface area (Å²) < 4.78 is 0. The first kappa shape index (κ1) is 7.45. The number of rotatable bonds is 2. The lowest BCUT2D eigenvalue weighted by Crippen LogP contribution is -2.23. The summed E-state index contributed by atoms with van der Waals surface area (Å²) in [6.07, 6.45) is 3.46. The second-order valence-corrected chi connectivity index (χ2v) is 2.92. The number of hydrogen-bond acceptors (Lipinski definition) is 2. The smallest absolute Gasteiger partial charge is 0.0893 e. The molecule has 1 aliphatic heterocycles. The van der Waals surface area contributed by atoms with Gasteiger partial charge in [0.25, 0.3) is 0 Å². The summed E-state index contributed by atoms with van der Waals surface area (Å²) in [6, 6.07) is 0. The Hall–Kier alpha value is -0.660. The SMILES string of the molecule is CCCN1C=C(C)N(C)C1. The van der Waals surface area contributed by atoms with E-state index in [9.17, 15) is 0 Å². The minimum absolute atomic E-state index is 1.07. The zero-order valence-corrected chi connectivity index (χ0v) is 7.09. The lowest BCUT2D eigenvalue weighted by atomic mass is 10.4. The van der Waals surface area contributed by atoms with Crippen molar-refractivity contribution in [2.75, 3.05) is 20.3 Å². The zero-order chi connectivity index (χ0) is 7.56. The molecule has 0 unspecified atom stereocenters. The van der Waals surface area contributed by atoms with Crippen LogP contribution in [0, 0.1) is 0 Å². The Morgan fingerprint density at radius 3 is 2.70 bits per heavy atom. The third-order valence-electron chi connectivity index (χ3n) is 1.88. The fourth-order valence-corrected chi connectivity index (χ4v) is 1.21. The van der Waals surface area contributed by atoms with Crippen LogP contribution in [0.3, 0.4) is 0 Å². The van der Waals surface area contributed by atoms with Crippen LogP contribution >= 0.6 is 0 Å². The maximum Gasteiger partial charge on any atom is 0.0893 e. The molecule has 0 atom stereocenters. The van der Waals surface area contributed by atoms with Gasteiger partial charge in [0.15, 0.2) is 0 Å². The van der Waals surface area contributed by atoms with Crippen molar-refractivity contribution in [3.05, 3.63) is 11.9 Å². The molecule has 1 rings (SSSR count). The van der Waals surface area contributed by atoms with Crippen LogP contribution in [0.2, 0.25) is 0 Å². The van der Waals surface area contributed by atoms with E-state index in [1.54, 1.807) is 0 Å². The predicted molar refractivity (Wildman–Crippen MR) is 43.4 cm³/mol. The summed E-state index contributed by atoms with van der Waals surface area (Å²) >= 11 is 0. The Bertz CT molecular complexity index is 140. The highest BCUT2D eigenvalue weighted by Crippen LogP contribution is 2.11. The second kappa shape index (κ2) is 2.95. The van der Waals surface area contributed by atoms with Gasteiger partial charge in [-0.05, 0) is 13.3 Å². The van der Waals surface area contributed by atoms with E-state index >= 15 is 0 Å².